The lowest BCUT2D eigenvalue weighted by Crippen LogP contribution is -2.27. The fourth-order valence-electron chi connectivity index (χ4n) is 2.26. The Morgan fingerprint density at radius 2 is 2.25 bits per heavy atom. The molecule has 2 N–H and O–H groups in total. The molecule has 1 aromatic carbocycles. The quantitative estimate of drug-likeness (QED) is 0.892. The monoisotopic (exact) mass is 293 g/mol. The summed E-state index contributed by atoms with van der Waals surface area (Å²) in [7, 11) is -3.63. The van der Waals surface area contributed by atoms with E-state index in [1.165, 1.54) is 0 Å². The molecule has 0 amide bonds. The summed E-state index contributed by atoms with van der Waals surface area (Å²) >= 11 is 0. The van der Waals surface area contributed by atoms with Crippen LogP contribution in [0.15, 0.2) is 35.4 Å². The van der Waals surface area contributed by atoms with Crippen LogP contribution in [0.1, 0.15) is 24.2 Å². The molecule has 20 heavy (non-hydrogen) atoms. The lowest BCUT2D eigenvalue weighted by molar-refractivity contribution is 0.348. The number of nitrogens with zero attached hydrogens (tertiary/aromatic N) is 1. The first-order valence-electron chi connectivity index (χ1n) is 6.34. The van der Waals surface area contributed by atoms with Crippen molar-refractivity contribution in [2.45, 2.75) is 24.3 Å². The predicted octanol–water partition coefficient (Wildman–Crippen LogP) is 1.38. The number of fused-ring (bicyclic) bond motifs is 1. The van der Waals surface area contributed by atoms with Gasteiger partial charge in [-0.3, -0.25) is 5.10 Å². The van der Waals surface area contributed by atoms with Crippen molar-refractivity contribution >= 4 is 10.0 Å². The number of aromatic amines is 1. The molecule has 0 fully saturated rings. The number of hydrogen-bond donors (Lipinski definition) is 2. The highest BCUT2D eigenvalue weighted by Crippen LogP contribution is 2.33. The van der Waals surface area contributed by atoms with E-state index in [4.69, 9.17) is 4.74 Å². The van der Waals surface area contributed by atoms with E-state index < -0.39 is 10.0 Å². The summed E-state index contributed by atoms with van der Waals surface area (Å²) in [4.78, 5) is 0.193. The first-order chi connectivity index (χ1) is 9.58. The van der Waals surface area contributed by atoms with E-state index in [2.05, 4.69) is 14.9 Å². The first kappa shape index (κ1) is 13.1. The molecule has 0 saturated heterocycles. The largest absolute Gasteiger partial charge is 0.492 e. The van der Waals surface area contributed by atoms with Crippen LogP contribution in [0.2, 0.25) is 0 Å². The van der Waals surface area contributed by atoms with Crippen LogP contribution in [0, 0.1) is 0 Å². The molecule has 6 nitrogen and oxygen atoms in total. The molecule has 106 valence electrons. The summed E-state index contributed by atoms with van der Waals surface area (Å²) in [6.07, 6.45) is 2.33. The van der Waals surface area contributed by atoms with Gasteiger partial charge in [0, 0.05) is 12.6 Å². The number of hydrogen-bond acceptors (Lipinski definition) is 4. The summed E-state index contributed by atoms with van der Waals surface area (Å²) in [6.45, 7) is 2.28. The fraction of sp³-hybridized carbons (Fsp3) is 0.308. The number of benzene rings is 1. The zero-order valence-electron chi connectivity index (χ0n) is 11.0. The van der Waals surface area contributed by atoms with Crippen LogP contribution in [-0.2, 0) is 16.4 Å². The Bertz CT molecular complexity index is 710. The molecule has 1 aliphatic rings. The van der Waals surface area contributed by atoms with Crippen LogP contribution < -0.4 is 9.46 Å². The summed E-state index contributed by atoms with van der Waals surface area (Å²) < 4.78 is 33.0. The van der Waals surface area contributed by atoms with Crippen molar-refractivity contribution in [1.29, 1.82) is 0 Å². The molecule has 2 aromatic rings. The Morgan fingerprint density at radius 1 is 1.40 bits per heavy atom. The van der Waals surface area contributed by atoms with Crippen LogP contribution in [0.4, 0.5) is 0 Å². The van der Waals surface area contributed by atoms with Crippen LogP contribution >= 0.6 is 0 Å². The summed E-state index contributed by atoms with van der Waals surface area (Å²) in [5.41, 5.74) is 1.64. The van der Waals surface area contributed by atoms with Gasteiger partial charge in [-0.15, -0.1) is 0 Å². The summed E-state index contributed by atoms with van der Waals surface area (Å²) in [5.74, 6) is 0.469. The Morgan fingerprint density at radius 3 is 3.00 bits per heavy atom. The van der Waals surface area contributed by atoms with Crippen molar-refractivity contribution in [2.24, 2.45) is 0 Å². The Hall–Kier alpha value is -1.86. The van der Waals surface area contributed by atoms with Gasteiger partial charge in [-0.1, -0.05) is 12.1 Å². The molecular weight excluding hydrogens is 278 g/mol. The molecule has 0 saturated carbocycles. The molecule has 0 spiro atoms. The minimum absolute atomic E-state index is 0.193. The van der Waals surface area contributed by atoms with Gasteiger partial charge in [-0.2, -0.15) is 5.10 Å². The molecule has 0 radical (unpaired) electrons. The van der Waals surface area contributed by atoms with Gasteiger partial charge in [0.05, 0.1) is 18.3 Å². The van der Waals surface area contributed by atoms with Gasteiger partial charge in [0.1, 0.15) is 10.6 Å². The Balaban J connectivity index is 1.91. The van der Waals surface area contributed by atoms with Gasteiger partial charge in [0.25, 0.3) is 0 Å². The maximum atomic E-state index is 12.5. The van der Waals surface area contributed by atoms with Gasteiger partial charge >= 0.3 is 0 Å². The lowest BCUT2D eigenvalue weighted by atomic mass is 10.2. The number of ether oxygens (including phenoxy) is 1. The Kier molecular flexibility index (Phi) is 3.23. The molecule has 2 heterocycles. The standard InChI is InChI=1S/C13H15N3O3S/c1-9(11-5-7-14-15-11)16-20(17,18)12-4-2-3-10-6-8-19-13(10)12/h2-5,7,9,16H,6,8H2,1H3,(H,14,15). The van der Waals surface area contributed by atoms with Crippen LogP contribution in [0.25, 0.3) is 0 Å². The fourth-order valence-corrected chi connectivity index (χ4v) is 3.68. The number of nitrogens with one attached hydrogen (secondary N) is 2. The van der Waals surface area contributed by atoms with Gasteiger partial charge in [-0.05, 0) is 24.6 Å². The molecule has 3 rings (SSSR count). The van der Waals surface area contributed by atoms with Crippen molar-refractivity contribution in [3.05, 3.63) is 41.7 Å². The zero-order valence-corrected chi connectivity index (χ0v) is 11.8. The minimum atomic E-state index is -3.63. The third-order valence-corrected chi connectivity index (χ3v) is 4.85. The second-order valence-electron chi connectivity index (χ2n) is 4.70. The zero-order chi connectivity index (χ0) is 14.2. The Labute approximate surface area is 117 Å². The molecule has 7 heteroatoms. The molecule has 1 atom stereocenters. The van der Waals surface area contributed by atoms with E-state index >= 15 is 0 Å². The molecule has 1 aliphatic heterocycles. The third kappa shape index (κ3) is 2.30. The van der Waals surface area contributed by atoms with E-state index in [1.54, 1.807) is 31.3 Å². The van der Waals surface area contributed by atoms with E-state index in [0.29, 0.717) is 18.1 Å². The normalized spacial score (nSPS) is 15.7. The van der Waals surface area contributed by atoms with Crippen molar-refractivity contribution in [3.63, 3.8) is 0 Å². The summed E-state index contributed by atoms with van der Waals surface area (Å²) in [5, 5.41) is 6.57. The van der Waals surface area contributed by atoms with Crippen LogP contribution in [0.3, 0.4) is 0 Å². The second-order valence-corrected chi connectivity index (χ2v) is 6.38. The average Bonchev–Trinajstić information content (AvgIpc) is 3.08. The third-order valence-electron chi connectivity index (χ3n) is 3.29. The highest BCUT2D eigenvalue weighted by atomic mass is 32.2. The first-order valence-corrected chi connectivity index (χ1v) is 7.82. The average molecular weight is 293 g/mol. The van der Waals surface area contributed by atoms with E-state index in [-0.39, 0.29) is 10.9 Å². The maximum Gasteiger partial charge on any atom is 0.244 e. The number of para-hydroxylation sites is 1. The molecular formula is C13H15N3O3S. The second kappa shape index (κ2) is 4.92. The summed E-state index contributed by atoms with van der Waals surface area (Å²) in [6, 6.07) is 6.54. The van der Waals surface area contributed by atoms with E-state index in [9.17, 15) is 8.42 Å². The van der Waals surface area contributed by atoms with Gasteiger partial charge in [-0.25, -0.2) is 13.1 Å². The lowest BCUT2D eigenvalue weighted by Gasteiger charge is -2.14. The maximum absolute atomic E-state index is 12.5. The van der Waals surface area contributed by atoms with Crippen molar-refractivity contribution < 1.29 is 13.2 Å². The smallest absolute Gasteiger partial charge is 0.244 e. The number of sulfonamides is 1. The minimum Gasteiger partial charge on any atom is -0.492 e. The number of H-pyrrole nitrogens is 1. The number of rotatable bonds is 4. The topological polar surface area (TPSA) is 84.1 Å². The van der Waals surface area contributed by atoms with Gasteiger partial charge < -0.3 is 4.74 Å². The van der Waals surface area contributed by atoms with Crippen LogP contribution in [0.5, 0.6) is 5.75 Å². The number of aromatic nitrogens is 2. The van der Waals surface area contributed by atoms with Gasteiger partial charge in [0.15, 0.2) is 0 Å². The van der Waals surface area contributed by atoms with Crippen LogP contribution in [-0.4, -0.2) is 25.2 Å². The highest BCUT2D eigenvalue weighted by molar-refractivity contribution is 7.89. The SMILES string of the molecule is CC(NS(=O)(=O)c1cccc2c1OCC2)c1ccn[nH]1. The molecule has 0 bridgehead atoms. The van der Waals surface area contributed by atoms with Crippen molar-refractivity contribution in [3.8, 4) is 5.75 Å². The van der Waals surface area contributed by atoms with Gasteiger partial charge in [0.2, 0.25) is 10.0 Å². The molecule has 1 unspecified atom stereocenters. The molecule has 0 aliphatic carbocycles. The highest BCUT2D eigenvalue weighted by Gasteiger charge is 2.26. The predicted molar refractivity (Wildman–Crippen MR) is 73.0 cm³/mol. The van der Waals surface area contributed by atoms with E-state index in [1.807, 2.05) is 6.07 Å². The van der Waals surface area contributed by atoms with E-state index in [0.717, 1.165) is 12.0 Å². The van der Waals surface area contributed by atoms with Crippen molar-refractivity contribution in [2.75, 3.05) is 6.61 Å². The molecule has 1 aromatic heterocycles. The van der Waals surface area contributed by atoms with Crippen molar-refractivity contribution in [1.82, 2.24) is 14.9 Å².